The monoisotopic (exact) mass is 256 g/mol. The third kappa shape index (κ3) is 3.80. The number of carboxylic acids is 1. The van der Waals surface area contributed by atoms with Gasteiger partial charge in [0.15, 0.2) is 16.6 Å². The molecule has 0 radical (unpaired) electrons. The molecular formula is C10H12N2O4S. The highest BCUT2D eigenvalue weighted by Crippen LogP contribution is 2.25. The van der Waals surface area contributed by atoms with Crippen LogP contribution in [0.1, 0.15) is 5.56 Å². The zero-order valence-electron chi connectivity index (χ0n) is 8.75. The molecule has 0 amide bonds. The molecule has 0 saturated heterocycles. The van der Waals surface area contributed by atoms with E-state index in [0.29, 0.717) is 5.56 Å². The zero-order chi connectivity index (χ0) is 13.0. The average molecular weight is 256 g/mol. The molecule has 0 spiro atoms. The number of phenolic OH excluding ortho intramolecular Hbond substituents is 2. The second-order valence-electron chi connectivity index (χ2n) is 3.43. The lowest BCUT2D eigenvalue weighted by molar-refractivity contribution is -0.139. The van der Waals surface area contributed by atoms with Gasteiger partial charge in [0.1, 0.15) is 6.04 Å². The molecule has 92 valence electrons. The third-order valence-electron chi connectivity index (χ3n) is 2.09. The Labute approximate surface area is 103 Å². The van der Waals surface area contributed by atoms with E-state index in [1.807, 2.05) is 0 Å². The van der Waals surface area contributed by atoms with Gasteiger partial charge in [-0.25, -0.2) is 4.79 Å². The number of aromatic hydroxyl groups is 2. The standard InChI is InChI=1S/C10H12N2O4S/c11-10(17)12-6(9(15)16)3-5-1-2-7(13)8(14)4-5/h1-2,4,6,13-14H,3H2,(H,15,16)(H3,11,12,17)/t6-/m0/s1. The van der Waals surface area contributed by atoms with E-state index in [1.165, 1.54) is 18.2 Å². The lowest BCUT2D eigenvalue weighted by Gasteiger charge is -2.14. The lowest BCUT2D eigenvalue weighted by atomic mass is 10.1. The van der Waals surface area contributed by atoms with Crippen molar-refractivity contribution in [1.82, 2.24) is 5.32 Å². The first-order chi connectivity index (χ1) is 7.90. The Morgan fingerprint density at radius 2 is 2.06 bits per heavy atom. The number of carbonyl (C=O) groups is 1. The Morgan fingerprint density at radius 1 is 1.41 bits per heavy atom. The number of rotatable bonds is 4. The van der Waals surface area contributed by atoms with Gasteiger partial charge < -0.3 is 26.4 Å². The number of hydrogen-bond acceptors (Lipinski definition) is 4. The summed E-state index contributed by atoms with van der Waals surface area (Å²) >= 11 is 4.57. The number of nitrogens with one attached hydrogen (secondary N) is 1. The smallest absolute Gasteiger partial charge is 0.326 e. The van der Waals surface area contributed by atoms with Crippen LogP contribution in [0, 0.1) is 0 Å². The van der Waals surface area contributed by atoms with Gasteiger partial charge in [-0.05, 0) is 29.9 Å². The van der Waals surface area contributed by atoms with Crippen LogP contribution in [0.15, 0.2) is 18.2 Å². The first kappa shape index (κ1) is 13.0. The predicted molar refractivity (Wildman–Crippen MR) is 64.8 cm³/mol. The van der Waals surface area contributed by atoms with E-state index in [-0.39, 0.29) is 23.0 Å². The second-order valence-corrected chi connectivity index (χ2v) is 3.87. The summed E-state index contributed by atoms with van der Waals surface area (Å²) < 4.78 is 0. The largest absolute Gasteiger partial charge is 0.504 e. The molecule has 1 aromatic rings. The Morgan fingerprint density at radius 3 is 2.53 bits per heavy atom. The van der Waals surface area contributed by atoms with Crippen LogP contribution in [0.5, 0.6) is 11.5 Å². The molecule has 1 atom stereocenters. The molecule has 0 heterocycles. The fourth-order valence-corrected chi connectivity index (χ4v) is 1.45. The number of hydrogen-bond donors (Lipinski definition) is 5. The summed E-state index contributed by atoms with van der Waals surface area (Å²) in [5, 5.41) is 29.6. The van der Waals surface area contributed by atoms with Gasteiger partial charge in [0.05, 0.1) is 0 Å². The number of aliphatic carboxylic acids is 1. The molecular weight excluding hydrogens is 244 g/mol. The maximum Gasteiger partial charge on any atom is 0.326 e. The normalized spacial score (nSPS) is 11.8. The average Bonchev–Trinajstić information content (AvgIpc) is 2.21. The van der Waals surface area contributed by atoms with Crippen molar-refractivity contribution in [2.24, 2.45) is 5.73 Å². The summed E-state index contributed by atoms with van der Waals surface area (Å²) in [6.45, 7) is 0. The highest BCUT2D eigenvalue weighted by atomic mass is 32.1. The van der Waals surface area contributed by atoms with Crippen LogP contribution in [0.3, 0.4) is 0 Å². The molecule has 0 aliphatic rings. The van der Waals surface area contributed by atoms with Gasteiger partial charge in [-0.3, -0.25) is 0 Å². The van der Waals surface area contributed by atoms with Crippen LogP contribution in [0.4, 0.5) is 0 Å². The first-order valence-corrected chi connectivity index (χ1v) is 5.10. The Balaban J connectivity index is 2.82. The molecule has 6 N–H and O–H groups in total. The van der Waals surface area contributed by atoms with Crippen LogP contribution in [0.2, 0.25) is 0 Å². The summed E-state index contributed by atoms with van der Waals surface area (Å²) in [6, 6.07) is 3.10. The number of thiocarbonyl (C=S) groups is 1. The lowest BCUT2D eigenvalue weighted by Crippen LogP contribution is -2.44. The van der Waals surface area contributed by atoms with E-state index in [2.05, 4.69) is 17.5 Å². The molecule has 0 unspecified atom stereocenters. The topological polar surface area (TPSA) is 116 Å². The number of nitrogens with two attached hydrogens (primary N) is 1. The summed E-state index contributed by atoms with van der Waals surface area (Å²) in [4.78, 5) is 10.9. The van der Waals surface area contributed by atoms with Crippen LogP contribution >= 0.6 is 12.2 Å². The molecule has 1 rings (SSSR count). The van der Waals surface area contributed by atoms with Gasteiger partial charge in [0.2, 0.25) is 0 Å². The molecule has 0 saturated carbocycles. The third-order valence-corrected chi connectivity index (χ3v) is 2.21. The molecule has 17 heavy (non-hydrogen) atoms. The number of phenols is 2. The highest BCUT2D eigenvalue weighted by molar-refractivity contribution is 7.80. The fraction of sp³-hybridized carbons (Fsp3) is 0.200. The van der Waals surface area contributed by atoms with E-state index >= 15 is 0 Å². The summed E-state index contributed by atoms with van der Waals surface area (Å²) in [6.07, 6.45) is 0.0838. The van der Waals surface area contributed by atoms with Crippen LogP contribution in [-0.2, 0) is 11.2 Å². The van der Waals surface area contributed by atoms with Crippen molar-refractivity contribution in [3.05, 3.63) is 23.8 Å². The van der Waals surface area contributed by atoms with Crippen LogP contribution in [0.25, 0.3) is 0 Å². The quantitative estimate of drug-likeness (QED) is 0.378. The van der Waals surface area contributed by atoms with Crippen molar-refractivity contribution in [2.45, 2.75) is 12.5 Å². The zero-order valence-corrected chi connectivity index (χ0v) is 9.57. The molecule has 6 nitrogen and oxygen atoms in total. The second kappa shape index (κ2) is 5.35. The molecule has 1 aromatic carbocycles. The van der Waals surface area contributed by atoms with Crippen molar-refractivity contribution < 1.29 is 20.1 Å². The van der Waals surface area contributed by atoms with E-state index in [0.717, 1.165) is 0 Å². The Kier molecular flexibility index (Phi) is 4.11. The van der Waals surface area contributed by atoms with Crippen molar-refractivity contribution in [3.8, 4) is 11.5 Å². The van der Waals surface area contributed by atoms with Crippen molar-refractivity contribution in [3.63, 3.8) is 0 Å². The van der Waals surface area contributed by atoms with Gasteiger partial charge in [-0.1, -0.05) is 6.07 Å². The van der Waals surface area contributed by atoms with Gasteiger partial charge in [-0.2, -0.15) is 0 Å². The number of benzene rings is 1. The summed E-state index contributed by atoms with van der Waals surface area (Å²) in [5.74, 6) is -1.67. The first-order valence-electron chi connectivity index (χ1n) is 4.69. The molecule has 0 bridgehead atoms. The van der Waals surface area contributed by atoms with Gasteiger partial charge in [-0.15, -0.1) is 0 Å². The maximum absolute atomic E-state index is 10.9. The van der Waals surface area contributed by atoms with Crippen molar-refractivity contribution in [1.29, 1.82) is 0 Å². The van der Waals surface area contributed by atoms with Gasteiger partial charge >= 0.3 is 5.97 Å². The van der Waals surface area contributed by atoms with Crippen molar-refractivity contribution in [2.75, 3.05) is 0 Å². The van der Waals surface area contributed by atoms with E-state index in [4.69, 9.17) is 15.9 Å². The summed E-state index contributed by atoms with van der Waals surface area (Å²) in [5.41, 5.74) is 5.74. The molecule has 7 heteroatoms. The van der Waals surface area contributed by atoms with Gasteiger partial charge in [0.25, 0.3) is 0 Å². The SMILES string of the molecule is NC(=S)N[C@@H](Cc1ccc(O)c(O)c1)C(=O)O. The molecule has 0 fully saturated rings. The minimum atomic E-state index is -1.11. The van der Waals surface area contributed by atoms with E-state index in [1.54, 1.807) is 0 Å². The van der Waals surface area contributed by atoms with Crippen molar-refractivity contribution >= 4 is 23.3 Å². The molecule has 0 aromatic heterocycles. The van der Waals surface area contributed by atoms with Crippen LogP contribution in [-0.4, -0.2) is 32.4 Å². The maximum atomic E-state index is 10.9. The van der Waals surface area contributed by atoms with Crippen LogP contribution < -0.4 is 11.1 Å². The summed E-state index contributed by atoms with van der Waals surface area (Å²) in [7, 11) is 0. The predicted octanol–water partition coefficient (Wildman–Crippen LogP) is -0.0733. The fourth-order valence-electron chi connectivity index (χ4n) is 1.30. The van der Waals surface area contributed by atoms with E-state index < -0.39 is 12.0 Å². The molecule has 0 aliphatic carbocycles. The Hall–Kier alpha value is -2.02. The van der Waals surface area contributed by atoms with Gasteiger partial charge in [0, 0.05) is 6.42 Å². The minimum Gasteiger partial charge on any atom is -0.504 e. The highest BCUT2D eigenvalue weighted by Gasteiger charge is 2.18. The Bertz CT molecular complexity index is 450. The molecule has 0 aliphatic heterocycles. The number of carboxylic acid groups (broad SMARTS) is 1. The minimum absolute atomic E-state index is 0.0838. The van der Waals surface area contributed by atoms with E-state index in [9.17, 15) is 9.90 Å².